The highest BCUT2D eigenvalue weighted by Gasteiger charge is 2.32. The smallest absolute Gasteiger partial charge is 0.0318 e. The van der Waals surface area contributed by atoms with Crippen LogP contribution >= 0.6 is 0 Å². The zero-order chi connectivity index (χ0) is 12.8. The fourth-order valence-corrected chi connectivity index (χ4v) is 3.61. The van der Waals surface area contributed by atoms with Crippen LogP contribution in [-0.4, -0.2) is 4.57 Å². The van der Waals surface area contributed by atoms with Gasteiger partial charge in [-0.1, -0.05) is 33.1 Å². The molecular weight excluding hydrogens is 220 g/mol. The van der Waals surface area contributed by atoms with Crippen molar-refractivity contribution in [2.75, 3.05) is 0 Å². The summed E-state index contributed by atoms with van der Waals surface area (Å²) in [5.41, 5.74) is 9.59. The third-order valence-corrected chi connectivity index (χ3v) is 4.93. The molecule has 0 aromatic carbocycles. The SMILES string of the molecule is CC1(C)Cc2c(ccn2CCC2CCC2)C(N)C1. The Labute approximate surface area is 111 Å². The summed E-state index contributed by atoms with van der Waals surface area (Å²) >= 11 is 0. The van der Waals surface area contributed by atoms with Gasteiger partial charge in [-0.2, -0.15) is 0 Å². The Hall–Kier alpha value is -0.760. The van der Waals surface area contributed by atoms with Crippen molar-refractivity contribution in [1.82, 2.24) is 4.57 Å². The van der Waals surface area contributed by atoms with E-state index in [1.54, 1.807) is 0 Å². The molecule has 2 nitrogen and oxygen atoms in total. The number of fused-ring (bicyclic) bond motifs is 1. The minimum atomic E-state index is 0.244. The molecule has 1 aromatic heterocycles. The Bertz CT molecular complexity index is 426. The van der Waals surface area contributed by atoms with E-state index in [0.717, 1.165) is 12.3 Å². The van der Waals surface area contributed by atoms with Gasteiger partial charge in [-0.25, -0.2) is 0 Å². The average molecular weight is 246 g/mol. The Morgan fingerprint density at radius 3 is 2.83 bits per heavy atom. The average Bonchev–Trinajstić information content (AvgIpc) is 2.57. The maximum atomic E-state index is 6.32. The lowest BCUT2D eigenvalue weighted by Crippen LogP contribution is -2.30. The Balaban J connectivity index is 1.76. The first-order chi connectivity index (χ1) is 8.55. The quantitative estimate of drug-likeness (QED) is 0.867. The highest BCUT2D eigenvalue weighted by Crippen LogP contribution is 2.40. The molecule has 2 aliphatic carbocycles. The maximum Gasteiger partial charge on any atom is 0.0318 e. The monoisotopic (exact) mass is 246 g/mol. The summed E-state index contributed by atoms with van der Waals surface area (Å²) in [6.45, 7) is 5.89. The summed E-state index contributed by atoms with van der Waals surface area (Å²) in [7, 11) is 0. The molecule has 1 atom stereocenters. The van der Waals surface area contributed by atoms with Crippen molar-refractivity contribution in [1.29, 1.82) is 0 Å². The van der Waals surface area contributed by atoms with Crippen LogP contribution in [0.4, 0.5) is 0 Å². The van der Waals surface area contributed by atoms with Gasteiger partial charge in [0.2, 0.25) is 0 Å². The third-order valence-electron chi connectivity index (χ3n) is 4.93. The van der Waals surface area contributed by atoms with E-state index < -0.39 is 0 Å². The van der Waals surface area contributed by atoms with E-state index in [2.05, 4.69) is 30.7 Å². The van der Waals surface area contributed by atoms with E-state index in [9.17, 15) is 0 Å². The number of nitrogens with zero attached hydrogens (tertiary/aromatic N) is 1. The molecule has 100 valence electrons. The molecule has 0 aliphatic heterocycles. The largest absolute Gasteiger partial charge is 0.351 e. The molecule has 0 amide bonds. The summed E-state index contributed by atoms with van der Waals surface area (Å²) in [5.74, 6) is 0.994. The summed E-state index contributed by atoms with van der Waals surface area (Å²) in [5, 5.41) is 0. The summed E-state index contributed by atoms with van der Waals surface area (Å²) in [4.78, 5) is 0. The van der Waals surface area contributed by atoms with Gasteiger partial charge in [0.1, 0.15) is 0 Å². The molecule has 1 heterocycles. The molecule has 2 aliphatic rings. The number of nitrogens with two attached hydrogens (primary N) is 1. The summed E-state index contributed by atoms with van der Waals surface area (Å²) < 4.78 is 2.48. The molecule has 1 unspecified atom stereocenters. The van der Waals surface area contributed by atoms with Crippen molar-refractivity contribution in [2.24, 2.45) is 17.1 Å². The second kappa shape index (κ2) is 4.41. The van der Waals surface area contributed by atoms with Crippen LogP contribution in [0.15, 0.2) is 12.3 Å². The number of aromatic nitrogens is 1. The molecule has 2 heteroatoms. The van der Waals surface area contributed by atoms with Crippen molar-refractivity contribution in [3.8, 4) is 0 Å². The molecular formula is C16H26N2. The second-order valence-electron chi connectivity index (χ2n) is 7.15. The predicted octanol–water partition coefficient (Wildman–Crippen LogP) is 3.65. The van der Waals surface area contributed by atoms with Crippen LogP contribution in [0, 0.1) is 11.3 Å². The van der Waals surface area contributed by atoms with Gasteiger partial charge in [0.05, 0.1) is 0 Å². The lowest BCUT2D eigenvalue weighted by Gasteiger charge is -2.35. The summed E-state index contributed by atoms with van der Waals surface area (Å²) in [6.07, 6.45) is 10.3. The number of hydrogen-bond donors (Lipinski definition) is 1. The van der Waals surface area contributed by atoms with Crippen LogP contribution in [0.3, 0.4) is 0 Å². The molecule has 0 saturated heterocycles. The van der Waals surface area contributed by atoms with Crippen LogP contribution in [0.25, 0.3) is 0 Å². The molecule has 1 fully saturated rings. The van der Waals surface area contributed by atoms with Crippen molar-refractivity contribution in [2.45, 2.75) is 65.0 Å². The van der Waals surface area contributed by atoms with Crippen molar-refractivity contribution in [3.05, 3.63) is 23.5 Å². The molecule has 2 N–H and O–H groups in total. The maximum absolute atomic E-state index is 6.32. The minimum Gasteiger partial charge on any atom is -0.351 e. The summed E-state index contributed by atoms with van der Waals surface area (Å²) in [6, 6.07) is 2.50. The van der Waals surface area contributed by atoms with Gasteiger partial charge in [0.15, 0.2) is 0 Å². The Morgan fingerprint density at radius 2 is 2.17 bits per heavy atom. The number of aryl methyl sites for hydroxylation is 1. The standard InChI is InChI=1S/C16H26N2/c1-16(2)10-14(17)13-7-9-18(15(13)11-16)8-6-12-4-3-5-12/h7,9,12,14H,3-6,8,10-11,17H2,1-2H3. The topological polar surface area (TPSA) is 30.9 Å². The van der Waals surface area contributed by atoms with Crippen molar-refractivity contribution >= 4 is 0 Å². The minimum absolute atomic E-state index is 0.244. The van der Waals surface area contributed by atoms with Crippen LogP contribution in [-0.2, 0) is 13.0 Å². The molecule has 0 radical (unpaired) electrons. The van der Waals surface area contributed by atoms with E-state index in [-0.39, 0.29) is 6.04 Å². The van der Waals surface area contributed by atoms with Gasteiger partial charge in [-0.3, -0.25) is 0 Å². The van der Waals surface area contributed by atoms with E-state index in [4.69, 9.17) is 5.73 Å². The first-order valence-electron chi connectivity index (χ1n) is 7.49. The lowest BCUT2D eigenvalue weighted by molar-refractivity contribution is 0.262. The van der Waals surface area contributed by atoms with Crippen LogP contribution in [0.2, 0.25) is 0 Å². The van der Waals surface area contributed by atoms with Gasteiger partial charge < -0.3 is 10.3 Å². The zero-order valence-corrected chi connectivity index (χ0v) is 11.8. The van der Waals surface area contributed by atoms with Crippen molar-refractivity contribution in [3.63, 3.8) is 0 Å². The fraction of sp³-hybridized carbons (Fsp3) is 0.750. The number of hydrogen-bond acceptors (Lipinski definition) is 1. The van der Waals surface area contributed by atoms with Crippen LogP contribution in [0.5, 0.6) is 0 Å². The van der Waals surface area contributed by atoms with E-state index in [1.165, 1.54) is 49.9 Å². The Morgan fingerprint density at radius 1 is 1.39 bits per heavy atom. The van der Waals surface area contributed by atoms with E-state index in [0.29, 0.717) is 5.41 Å². The third kappa shape index (κ3) is 2.23. The predicted molar refractivity (Wildman–Crippen MR) is 75.4 cm³/mol. The highest BCUT2D eigenvalue weighted by atomic mass is 15.0. The molecule has 1 aromatic rings. The highest BCUT2D eigenvalue weighted by molar-refractivity contribution is 5.30. The van der Waals surface area contributed by atoms with Gasteiger partial charge in [0.25, 0.3) is 0 Å². The number of rotatable bonds is 3. The normalized spacial score (nSPS) is 26.7. The van der Waals surface area contributed by atoms with E-state index >= 15 is 0 Å². The molecule has 1 saturated carbocycles. The molecule has 18 heavy (non-hydrogen) atoms. The Kier molecular flexibility index (Phi) is 3.01. The molecule has 3 rings (SSSR count). The van der Waals surface area contributed by atoms with Crippen molar-refractivity contribution < 1.29 is 0 Å². The molecule has 0 bridgehead atoms. The first kappa shape index (κ1) is 12.3. The first-order valence-corrected chi connectivity index (χ1v) is 7.49. The van der Waals surface area contributed by atoms with Gasteiger partial charge in [-0.05, 0) is 42.2 Å². The van der Waals surface area contributed by atoms with Gasteiger partial charge in [0, 0.05) is 24.5 Å². The van der Waals surface area contributed by atoms with Gasteiger partial charge >= 0.3 is 0 Å². The molecule has 0 spiro atoms. The lowest BCUT2D eigenvalue weighted by atomic mass is 9.74. The van der Waals surface area contributed by atoms with Crippen LogP contribution < -0.4 is 5.73 Å². The van der Waals surface area contributed by atoms with E-state index in [1.807, 2.05) is 0 Å². The van der Waals surface area contributed by atoms with Crippen LogP contribution in [0.1, 0.15) is 63.3 Å². The zero-order valence-electron chi connectivity index (χ0n) is 11.8. The second-order valence-corrected chi connectivity index (χ2v) is 7.15. The fourth-order valence-electron chi connectivity index (χ4n) is 3.61. The van der Waals surface area contributed by atoms with Gasteiger partial charge in [-0.15, -0.1) is 0 Å².